The first-order valence-electron chi connectivity index (χ1n) is 6.43. The van der Waals surface area contributed by atoms with E-state index in [0.29, 0.717) is 6.61 Å². The van der Waals surface area contributed by atoms with Crippen LogP contribution in [0.2, 0.25) is 0 Å². The number of aryl methyl sites for hydroxylation is 2. The third kappa shape index (κ3) is 3.19. The van der Waals surface area contributed by atoms with E-state index in [1.165, 1.54) is 27.8 Å². The van der Waals surface area contributed by atoms with Gasteiger partial charge in [-0.15, -0.1) is 0 Å². The maximum atomic E-state index is 5.91. The Kier molecular flexibility index (Phi) is 4.31. The highest BCUT2D eigenvalue weighted by Gasteiger charge is 2.09. The van der Waals surface area contributed by atoms with Crippen LogP contribution in [0.3, 0.4) is 0 Å². The van der Waals surface area contributed by atoms with E-state index in [4.69, 9.17) is 4.74 Å². The lowest BCUT2D eigenvalue weighted by Gasteiger charge is -2.16. The highest BCUT2D eigenvalue weighted by Crippen LogP contribution is 2.24. The van der Waals surface area contributed by atoms with E-state index in [0.717, 1.165) is 10.2 Å². The van der Waals surface area contributed by atoms with Crippen LogP contribution in [0.25, 0.3) is 0 Å². The van der Waals surface area contributed by atoms with Crippen LogP contribution in [-0.2, 0) is 6.61 Å². The molecule has 0 aliphatic rings. The molecule has 0 aliphatic heterocycles. The van der Waals surface area contributed by atoms with E-state index in [1.807, 2.05) is 24.3 Å². The molecule has 0 saturated carbocycles. The topological polar surface area (TPSA) is 9.23 Å². The van der Waals surface area contributed by atoms with Gasteiger partial charge in [-0.3, -0.25) is 0 Å². The van der Waals surface area contributed by atoms with E-state index < -0.39 is 0 Å². The molecule has 0 aliphatic carbocycles. The van der Waals surface area contributed by atoms with Crippen molar-refractivity contribution >= 4 is 15.9 Å². The second kappa shape index (κ2) is 5.79. The second-order valence-electron chi connectivity index (χ2n) is 4.98. The van der Waals surface area contributed by atoms with Crippen molar-refractivity contribution in [2.24, 2.45) is 0 Å². The molecule has 2 rings (SSSR count). The van der Waals surface area contributed by atoms with Crippen molar-refractivity contribution in [3.8, 4) is 5.75 Å². The maximum Gasteiger partial charge on any atom is 0.120 e. The monoisotopic (exact) mass is 318 g/mol. The fourth-order valence-corrected chi connectivity index (χ4v) is 2.61. The van der Waals surface area contributed by atoms with Crippen LogP contribution in [0, 0.1) is 27.7 Å². The molecule has 0 atom stereocenters. The molecular weight excluding hydrogens is 300 g/mol. The van der Waals surface area contributed by atoms with E-state index in [1.54, 1.807) is 0 Å². The lowest BCUT2D eigenvalue weighted by molar-refractivity contribution is 0.304. The molecule has 2 aromatic rings. The minimum Gasteiger partial charge on any atom is -0.489 e. The molecule has 0 fully saturated rings. The van der Waals surface area contributed by atoms with Crippen LogP contribution in [-0.4, -0.2) is 0 Å². The molecule has 0 radical (unpaired) electrons. The second-order valence-corrected chi connectivity index (χ2v) is 5.90. The summed E-state index contributed by atoms with van der Waals surface area (Å²) in [5, 5.41) is 0. The number of rotatable bonds is 3. The first-order valence-corrected chi connectivity index (χ1v) is 7.23. The zero-order chi connectivity index (χ0) is 14.0. The molecule has 19 heavy (non-hydrogen) atoms. The van der Waals surface area contributed by atoms with Gasteiger partial charge in [0, 0.05) is 4.47 Å². The van der Waals surface area contributed by atoms with Gasteiger partial charge in [-0.1, -0.05) is 28.1 Å². The number of hydrogen-bond acceptors (Lipinski definition) is 1. The minimum absolute atomic E-state index is 0.622. The van der Waals surface area contributed by atoms with Crippen molar-refractivity contribution in [1.29, 1.82) is 0 Å². The maximum absolute atomic E-state index is 5.91. The van der Waals surface area contributed by atoms with Crippen molar-refractivity contribution in [1.82, 2.24) is 0 Å². The number of benzene rings is 2. The average Bonchev–Trinajstić information content (AvgIpc) is 2.36. The van der Waals surface area contributed by atoms with E-state index in [2.05, 4.69) is 49.7 Å². The van der Waals surface area contributed by atoms with Gasteiger partial charge < -0.3 is 4.74 Å². The highest BCUT2D eigenvalue weighted by atomic mass is 79.9. The summed E-state index contributed by atoms with van der Waals surface area (Å²) in [6.07, 6.45) is 0. The van der Waals surface area contributed by atoms with Gasteiger partial charge >= 0.3 is 0 Å². The summed E-state index contributed by atoms with van der Waals surface area (Å²) in [6, 6.07) is 10.2. The number of ether oxygens (including phenoxy) is 1. The Morgan fingerprint density at radius 2 is 1.58 bits per heavy atom. The summed E-state index contributed by atoms with van der Waals surface area (Å²) in [7, 11) is 0. The third-order valence-corrected chi connectivity index (χ3v) is 4.19. The molecule has 0 N–H and O–H groups in total. The van der Waals surface area contributed by atoms with Crippen molar-refractivity contribution in [2.45, 2.75) is 34.3 Å². The van der Waals surface area contributed by atoms with Gasteiger partial charge in [0.1, 0.15) is 12.4 Å². The summed E-state index contributed by atoms with van der Waals surface area (Å²) in [6.45, 7) is 9.27. The molecule has 0 unspecified atom stereocenters. The van der Waals surface area contributed by atoms with Gasteiger partial charge in [0.25, 0.3) is 0 Å². The molecule has 0 saturated heterocycles. The third-order valence-electron chi connectivity index (χ3n) is 3.70. The Hall–Kier alpha value is -1.28. The number of hydrogen-bond donors (Lipinski definition) is 0. The Morgan fingerprint density at radius 3 is 2.16 bits per heavy atom. The fourth-order valence-electron chi connectivity index (χ4n) is 2.23. The molecule has 0 amide bonds. The van der Waals surface area contributed by atoms with Gasteiger partial charge in [-0.25, -0.2) is 0 Å². The quantitative estimate of drug-likeness (QED) is 0.749. The average molecular weight is 319 g/mol. The Balaban J connectivity index is 2.25. The molecule has 2 heteroatoms. The Morgan fingerprint density at radius 1 is 0.947 bits per heavy atom. The lowest BCUT2D eigenvalue weighted by Crippen LogP contribution is -2.04. The highest BCUT2D eigenvalue weighted by molar-refractivity contribution is 9.10. The summed E-state index contributed by atoms with van der Waals surface area (Å²) < 4.78 is 6.96. The van der Waals surface area contributed by atoms with Gasteiger partial charge in [-0.05, 0) is 73.7 Å². The van der Waals surface area contributed by atoms with Crippen molar-refractivity contribution < 1.29 is 4.74 Å². The van der Waals surface area contributed by atoms with Crippen molar-refractivity contribution in [3.05, 3.63) is 62.6 Å². The normalized spacial score (nSPS) is 10.6. The van der Waals surface area contributed by atoms with Crippen molar-refractivity contribution in [2.75, 3.05) is 0 Å². The molecule has 0 spiro atoms. The van der Waals surface area contributed by atoms with Gasteiger partial charge in [0.15, 0.2) is 0 Å². The number of halogens is 1. The van der Waals surface area contributed by atoms with Crippen molar-refractivity contribution in [3.63, 3.8) is 0 Å². The zero-order valence-electron chi connectivity index (χ0n) is 11.9. The van der Waals surface area contributed by atoms with E-state index in [9.17, 15) is 0 Å². The summed E-state index contributed by atoms with van der Waals surface area (Å²) in [4.78, 5) is 0. The van der Waals surface area contributed by atoms with E-state index >= 15 is 0 Å². The zero-order valence-corrected chi connectivity index (χ0v) is 13.5. The smallest absolute Gasteiger partial charge is 0.120 e. The van der Waals surface area contributed by atoms with Gasteiger partial charge in [-0.2, -0.15) is 0 Å². The lowest BCUT2D eigenvalue weighted by atomic mass is 9.95. The first-order chi connectivity index (χ1) is 8.99. The van der Waals surface area contributed by atoms with Gasteiger partial charge in [0.2, 0.25) is 0 Å². The summed E-state index contributed by atoms with van der Waals surface area (Å²) in [5.74, 6) is 0.896. The van der Waals surface area contributed by atoms with Crippen LogP contribution in [0.1, 0.15) is 27.8 Å². The Bertz CT molecular complexity index is 576. The van der Waals surface area contributed by atoms with E-state index in [-0.39, 0.29) is 0 Å². The summed E-state index contributed by atoms with van der Waals surface area (Å²) in [5.41, 5.74) is 6.63. The van der Waals surface area contributed by atoms with Crippen LogP contribution in [0.15, 0.2) is 34.8 Å². The molecule has 1 nitrogen and oxygen atoms in total. The van der Waals surface area contributed by atoms with Crippen LogP contribution in [0.4, 0.5) is 0 Å². The van der Waals surface area contributed by atoms with Crippen LogP contribution >= 0.6 is 15.9 Å². The summed E-state index contributed by atoms with van der Waals surface area (Å²) >= 11 is 3.46. The molecule has 100 valence electrons. The van der Waals surface area contributed by atoms with Crippen LogP contribution < -0.4 is 4.74 Å². The van der Waals surface area contributed by atoms with Crippen LogP contribution in [0.5, 0.6) is 5.75 Å². The Labute approximate surface area is 123 Å². The molecular formula is C17H19BrO. The van der Waals surface area contributed by atoms with Gasteiger partial charge in [0.05, 0.1) is 0 Å². The predicted molar refractivity (Wildman–Crippen MR) is 83.9 cm³/mol. The predicted octanol–water partition coefficient (Wildman–Crippen LogP) is 5.26. The largest absolute Gasteiger partial charge is 0.489 e. The molecule has 0 aromatic heterocycles. The molecule has 0 bridgehead atoms. The minimum atomic E-state index is 0.622. The SMILES string of the molecule is Cc1cc(C)c(C)c(COc2cccc(Br)c2)c1C. The standard InChI is InChI=1S/C17H19BrO/c1-11-8-12(2)14(4)17(13(11)3)10-19-16-7-5-6-15(18)9-16/h5-9H,10H2,1-4H3. The molecule has 2 aromatic carbocycles. The fraction of sp³-hybridized carbons (Fsp3) is 0.294. The first kappa shape index (κ1) is 14.1. The molecule has 0 heterocycles.